The molecule has 5 nitrogen and oxygen atoms in total. The van der Waals surface area contributed by atoms with E-state index in [9.17, 15) is 0 Å². The molecular formula is C24H32ClN3O2. The summed E-state index contributed by atoms with van der Waals surface area (Å²) in [4.78, 5) is 6.92. The van der Waals surface area contributed by atoms with E-state index in [-0.39, 0.29) is 17.1 Å². The number of aryl methyl sites for hydroxylation is 1. The lowest BCUT2D eigenvalue weighted by molar-refractivity contribution is -0.174. The second-order valence-corrected chi connectivity index (χ2v) is 10.4. The highest BCUT2D eigenvalue weighted by atomic mass is 35.5. The number of piperidine rings is 1. The molecule has 2 saturated heterocycles. The molecule has 5 rings (SSSR count). The third kappa shape index (κ3) is 3.65. The molecule has 0 bridgehead atoms. The summed E-state index contributed by atoms with van der Waals surface area (Å²) in [5, 5.41) is 0.751. The number of hydrogen-bond donors (Lipinski definition) is 0. The second kappa shape index (κ2) is 7.54. The number of halogens is 1. The monoisotopic (exact) mass is 429 g/mol. The molecule has 0 aliphatic carbocycles. The Balaban J connectivity index is 1.26. The number of fused-ring (bicyclic) bond motifs is 3. The standard InChI is InChI=1S/C24H32ClN3O2/c1-17-26-8-11-28(17)13-12-27-9-6-24(7-10-27)15-20-22(29-16-24)19-14-18(25)4-5-21(19)30-23(20,2)3/h4-5,8,11,14,20,22H,6-7,9-10,12-13,15-16H2,1-3H3/t20-,22+/m0/s1. The second-order valence-electron chi connectivity index (χ2n) is 9.94. The number of ether oxygens (including phenoxy) is 2. The maximum atomic E-state index is 6.59. The molecule has 0 unspecified atom stereocenters. The Labute approximate surface area is 184 Å². The lowest BCUT2D eigenvalue weighted by Crippen LogP contribution is -2.54. The van der Waals surface area contributed by atoms with E-state index >= 15 is 0 Å². The van der Waals surface area contributed by atoms with Gasteiger partial charge in [-0.2, -0.15) is 0 Å². The zero-order valence-electron chi connectivity index (χ0n) is 18.2. The number of aromatic nitrogens is 2. The molecule has 2 aromatic rings. The summed E-state index contributed by atoms with van der Waals surface area (Å²) in [7, 11) is 0. The Kier molecular flexibility index (Phi) is 5.11. The lowest BCUT2D eigenvalue weighted by atomic mass is 9.64. The maximum Gasteiger partial charge on any atom is 0.126 e. The van der Waals surface area contributed by atoms with Gasteiger partial charge >= 0.3 is 0 Å². The molecule has 6 heteroatoms. The minimum Gasteiger partial charge on any atom is -0.487 e. The van der Waals surface area contributed by atoms with E-state index in [1.807, 2.05) is 24.4 Å². The van der Waals surface area contributed by atoms with Crippen LogP contribution in [0.4, 0.5) is 0 Å². The van der Waals surface area contributed by atoms with Gasteiger partial charge in [-0.15, -0.1) is 0 Å². The molecule has 2 fully saturated rings. The topological polar surface area (TPSA) is 39.5 Å². The van der Waals surface area contributed by atoms with E-state index in [2.05, 4.69) is 41.4 Å². The summed E-state index contributed by atoms with van der Waals surface area (Å²) in [6.07, 6.45) is 7.58. The van der Waals surface area contributed by atoms with Gasteiger partial charge in [0.2, 0.25) is 0 Å². The number of benzene rings is 1. The predicted octanol–water partition coefficient (Wildman–Crippen LogP) is 4.88. The first-order valence-electron chi connectivity index (χ1n) is 11.2. The van der Waals surface area contributed by atoms with Crippen LogP contribution in [0.1, 0.15) is 50.6 Å². The fourth-order valence-corrected chi connectivity index (χ4v) is 5.79. The van der Waals surface area contributed by atoms with Crippen molar-refractivity contribution in [3.05, 3.63) is 47.0 Å². The van der Waals surface area contributed by atoms with Gasteiger partial charge in [0.15, 0.2) is 0 Å². The Bertz CT molecular complexity index is 917. The lowest BCUT2D eigenvalue weighted by Gasteiger charge is -2.54. The average molecular weight is 430 g/mol. The van der Waals surface area contributed by atoms with Gasteiger partial charge in [0.25, 0.3) is 0 Å². The van der Waals surface area contributed by atoms with Gasteiger partial charge in [0, 0.05) is 42.0 Å². The Morgan fingerprint density at radius 1 is 1.20 bits per heavy atom. The highest BCUT2D eigenvalue weighted by molar-refractivity contribution is 6.30. The van der Waals surface area contributed by atoms with Crippen molar-refractivity contribution in [2.45, 2.75) is 58.3 Å². The maximum absolute atomic E-state index is 6.59. The van der Waals surface area contributed by atoms with Gasteiger partial charge in [-0.1, -0.05) is 11.6 Å². The van der Waals surface area contributed by atoms with E-state index < -0.39 is 0 Å². The Morgan fingerprint density at radius 3 is 2.73 bits per heavy atom. The molecule has 0 amide bonds. The van der Waals surface area contributed by atoms with Crippen LogP contribution in [0.5, 0.6) is 5.75 Å². The van der Waals surface area contributed by atoms with Gasteiger partial charge in [-0.25, -0.2) is 4.98 Å². The first-order chi connectivity index (χ1) is 14.4. The van der Waals surface area contributed by atoms with Crippen molar-refractivity contribution < 1.29 is 9.47 Å². The fourth-order valence-electron chi connectivity index (χ4n) is 5.61. The van der Waals surface area contributed by atoms with Crippen molar-refractivity contribution in [2.24, 2.45) is 11.3 Å². The molecule has 1 aromatic heterocycles. The van der Waals surface area contributed by atoms with Gasteiger partial charge in [0.1, 0.15) is 17.2 Å². The zero-order chi connectivity index (χ0) is 20.9. The number of nitrogens with zero attached hydrogens (tertiary/aromatic N) is 3. The van der Waals surface area contributed by atoms with Crippen LogP contribution in [-0.4, -0.2) is 46.3 Å². The van der Waals surface area contributed by atoms with Crippen LogP contribution >= 0.6 is 11.6 Å². The van der Waals surface area contributed by atoms with Crippen LogP contribution in [0.2, 0.25) is 5.02 Å². The average Bonchev–Trinajstić information content (AvgIpc) is 3.13. The van der Waals surface area contributed by atoms with Gasteiger partial charge in [-0.3, -0.25) is 0 Å². The molecule has 1 spiro atoms. The summed E-state index contributed by atoms with van der Waals surface area (Å²) in [6, 6.07) is 5.93. The molecule has 0 radical (unpaired) electrons. The molecule has 0 saturated carbocycles. The minimum atomic E-state index is -0.241. The number of imidazole rings is 1. The summed E-state index contributed by atoms with van der Waals surface area (Å²) in [6.45, 7) is 11.7. The Morgan fingerprint density at radius 2 is 2.00 bits per heavy atom. The van der Waals surface area contributed by atoms with Gasteiger partial charge in [-0.05, 0) is 76.7 Å². The van der Waals surface area contributed by atoms with Crippen molar-refractivity contribution in [3.63, 3.8) is 0 Å². The van der Waals surface area contributed by atoms with E-state index in [4.69, 9.17) is 21.1 Å². The summed E-state index contributed by atoms with van der Waals surface area (Å²) in [5.74, 6) is 2.36. The molecule has 3 aliphatic rings. The van der Waals surface area contributed by atoms with Gasteiger partial charge in [0.05, 0.1) is 12.7 Å². The Hall–Kier alpha value is -1.56. The van der Waals surface area contributed by atoms with E-state index in [0.29, 0.717) is 5.92 Å². The van der Waals surface area contributed by atoms with Crippen LogP contribution < -0.4 is 4.74 Å². The zero-order valence-corrected chi connectivity index (χ0v) is 19.0. The van der Waals surface area contributed by atoms with E-state index in [0.717, 1.165) is 61.4 Å². The third-order valence-corrected chi connectivity index (χ3v) is 7.86. The van der Waals surface area contributed by atoms with Crippen LogP contribution in [0.3, 0.4) is 0 Å². The molecule has 162 valence electrons. The van der Waals surface area contributed by atoms with Crippen LogP contribution in [0, 0.1) is 18.3 Å². The normalized spacial score (nSPS) is 27.3. The predicted molar refractivity (Wildman–Crippen MR) is 118 cm³/mol. The first-order valence-corrected chi connectivity index (χ1v) is 11.5. The van der Waals surface area contributed by atoms with Crippen LogP contribution in [-0.2, 0) is 11.3 Å². The van der Waals surface area contributed by atoms with Gasteiger partial charge < -0.3 is 18.9 Å². The smallest absolute Gasteiger partial charge is 0.126 e. The number of likely N-dealkylation sites (tertiary alicyclic amines) is 1. The molecular weight excluding hydrogens is 398 g/mol. The highest BCUT2D eigenvalue weighted by Gasteiger charge is 2.52. The highest BCUT2D eigenvalue weighted by Crippen LogP contribution is 2.55. The van der Waals surface area contributed by atoms with E-state index in [1.54, 1.807) is 0 Å². The quantitative estimate of drug-likeness (QED) is 0.697. The summed E-state index contributed by atoms with van der Waals surface area (Å²) < 4.78 is 15.3. The molecule has 30 heavy (non-hydrogen) atoms. The molecule has 2 atom stereocenters. The summed E-state index contributed by atoms with van der Waals surface area (Å²) in [5.41, 5.74) is 1.14. The summed E-state index contributed by atoms with van der Waals surface area (Å²) >= 11 is 6.29. The molecule has 3 aliphatic heterocycles. The molecule has 0 N–H and O–H groups in total. The van der Waals surface area contributed by atoms with E-state index in [1.165, 1.54) is 12.8 Å². The van der Waals surface area contributed by atoms with Crippen LogP contribution in [0.25, 0.3) is 0 Å². The fraction of sp³-hybridized carbons (Fsp3) is 0.625. The molecule has 1 aromatic carbocycles. The van der Waals surface area contributed by atoms with Crippen molar-refractivity contribution in [1.82, 2.24) is 14.5 Å². The van der Waals surface area contributed by atoms with Crippen molar-refractivity contribution >= 4 is 11.6 Å². The number of hydrogen-bond acceptors (Lipinski definition) is 4. The van der Waals surface area contributed by atoms with Crippen molar-refractivity contribution in [3.8, 4) is 5.75 Å². The first kappa shape index (κ1) is 20.3. The van der Waals surface area contributed by atoms with Crippen molar-refractivity contribution in [1.29, 1.82) is 0 Å². The third-order valence-electron chi connectivity index (χ3n) is 7.63. The molecule has 4 heterocycles. The number of rotatable bonds is 3. The van der Waals surface area contributed by atoms with Crippen LogP contribution in [0.15, 0.2) is 30.6 Å². The largest absolute Gasteiger partial charge is 0.487 e. The SMILES string of the molecule is Cc1nccn1CCN1CCC2(CC1)CO[C@@H]1c3cc(Cl)ccc3OC(C)(C)[C@H]1C2. The minimum absolute atomic E-state index is 0.0790. The van der Waals surface area contributed by atoms with Crippen molar-refractivity contribution in [2.75, 3.05) is 26.2 Å².